The van der Waals surface area contributed by atoms with Crippen LogP contribution in [0.5, 0.6) is 11.5 Å². The molecule has 104 valence electrons. The van der Waals surface area contributed by atoms with Crippen molar-refractivity contribution in [1.82, 2.24) is 5.32 Å². The summed E-state index contributed by atoms with van der Waals surface area (Å²) in [6.45, 7) is 3.04. The van der Waals surface area contributed by atoms with E-state index in [1.54, 1.807) is 29.5 Å². The molecule has 1 unspecified atom stereocenters. The van der Waals surface area contributed by atoms with Gasteiger partial charge in [0, 0.05) is 10.4 Å². The summed E-state index contributed by atoms with van der Waals surface area (Å²) in [6.07, 6.45) is 0. The minimum absolute atomic E-state index is 0.00398. The Kier molecular flexibility index (Phi) is 3.60. The molecule has 0 aliphatic carbocycles. The number of nitrogens with one attached hydrogen (secondary N) is 1. The van der Waals surface area contributed by atoms with Gasteiger partial charge in [0.25, 0.3) is 5.91 Å². The van der Waals surface area contributed by atoms with Crippen LogP contribution in [0.3, 0.4) is 0 Å². The van der Waals surface area contributed by atoms with Crippen LogP contribution >= 0.6 is 11.3 Å². The first kappa shape index (κ1) is 13.0. The molecule has 2 heterocycles. The highest BCUT2D eigenvalue weighted by Gasteiger charge is 2.16. The molecule has 1 amide bonds. The molecule has 1 aromatic carbocycles. The number of ether oxygens (including phenoxy) is 2. The number of hydrogen-bond donors (Lipinski definition) is 1. The largest absolute Gasteiger partial charge is 0.486 e. The maximum Gasteiger partial charge on any atom is 0.251 e. The summed E-state index contributed by atoms with van der Waals surface area (Å²) in [7, 11) is 0. The van der Waals surface area contributed by atoms with Crippen LogP contribution in [0, 0.1) is 0 Å². The van der Waals surface area contributed by atoms with E-state index in [1.807, 2.05) is 24.4 Å². The predicted octanol–water partition coefficient (Wildman–Crippen LogP) is 3.01. The van der Waals surface area contributed by atoms with Crippen molar-refractivity contribution in [3.05, 3.63) is 46.2 Å². The lowest BCUT2D eigenvalue weighted by Crippen LogP contribution is -2.26. The van der Waals surface area contributed by atoms with Crippen molar-refractivity contribution < 1.29 is 14.3 Å². The molecule has 0 bridgehead atoms. The van der Waals surface area contributed by atoms with Crippen molar-refractivity contribution in [2.75, 3.05) is 13.2 Å². The highest BCUT2D eigenvalue weighted by molar-refractivity contribution is 7.10. The minimum atomic E-state index is -0.108. The summed E-state index contributed by atoms with van der Waals surface area (Å²) in [5.41, 5.74) is 0.581. The van der Waals surface area contributed by atoms with Crippen molar-refractivity contribution in [3.63, 3.8) is 0 Å². The van der Waals surface area contributed by atoms with Gasteiger partial charge in [-0.05, 0) is 36.6 Å². The molecule has 0 fully saturated rings. The number of carbonyl (C=O) groups excluding carboxylic acids is 1. The minimum Gasteiger partial charge on any atom is -0.486 e. The summed E-state index contributed by atoms with van der Waals surface area (Å²) in [6, 6.07) is 9.25. The van der Waals surface area contributed by atoms with Gasteiger partial charge in [0.05, 0.1) is 6.04 Å². The third kappa shape index (κ3) is 2.63. The van der Waals surface area contributed by atoms with Crippen LogP contribution in [-0.2, 0) is 0 Å². The molecule has 20 heavy (non-hydrogen) atoms. The number of rotatable bonds is 3. The Labute approximate surface area is 121 Å². The van der Waals surface area contributed by atoms with Gasteiger partial charge in [-0.3, -0.25) is 4.79 Å². The zero-order valence-corrected chi connectivity index (χ0v) is 11.9. The third-order valence-corrected chi connectivity index (χ3v) is 4.18. The summed E-state index contributed by atoms with van der Waals surface area (Å²) in [5.74, 6) is 1.22. The second-order valence-electron chi connectivity index (χ2n) is 4.57. The SMILES string of the molecule is CC(NC(=O)c1ccc2c(c1)OCCO2)c1cccs1. The molecule has 1 N–H and O–H groups in total. The Balaban J connectivity index is 1.74. The molecule has 1 aliphatic rings. The summed E-state index contributed by atoms with van der Waals surface area (Å²) in [5, 5.41) is 4.98. The quantitative estimate of drug-likeness (QED) is 0.945. The smallest absolute Gasteiger partial charge is 0.251 e. The number of carbonyl (C=O) groups is 1. The van der Waals surface area contributed by atoms with Crippen LogP contribution in [0.4, 0.5) is 0 Å². The van der Waals surface area contributed by atoms with Crippen molar-refractivity contribution in [2.24, 2.45) is 0 Å². The fraction of sp³-hybridized carbons (Fsp3) is 0.267. The Morgan fingerprint density at radius 3 is 2.80 bits per heavy atom. The van der Waals surface area contributed by atoms with E-state index in [0.717, 1.165) is 4.88 Å². The summed E-state index contributed by atoms with van der Waals surface area (Å²) in [4.78, 5) is 13.4. The van der Waals surface area contributed by atoms with Crippen LogP contribution in [0.2, 0.25) is 0 Å². The highest BCUT2D eigenvalue weighted by atomic mass is 32.1. The number of hydrogen-bond acceptors (Lipinski definition) is 4. The zero-order valence-electron chi connectivity index (χ0n) is 11.1. The topological polar surface area (TPSA) is 47.6 Å². The molecule has 0 saturated heterocycles. The van der Waals surface area contributed by atoms with Gasteiger partial charge >= 0.3 is 0 Å². The Morgan fingerprint density at radius 2 is 2.05 bits per heavy atom. The molecule has 0 radical (unpaired) electrons. The van der Waals surface area contributed by atoms with Crippen molar-refractivity contribution in [1.29, 1.82) is 0 Å². The van der Waals surface area contributed by atoms with E-state index in [4.69, 9.17) is 9.47 Å². The highest BCUT2D eigenvalue weighted by Crippen LogP contribution is 2.31. The van der Waals surface area contributed by atoms with E-state index in [0.29, 0.717) is 30.3 Å². The molecular weight excluding hydrogens is 274 g/mol. The van der Waals surface area contributed by atoms with E-state index in [-0.39, 0.29) is 11.9 Å². The molecule has 2 aromatic rings. The van der Waals surface area contributed by atoms with Crippen LogP contribution < -0.4 is 14.8 Å². The van der Waals surface area contributed by atoms with Gasteiger partial charge < -0.3 is 14.8 Å². The average Bonchev–Trinajstić information content (AvgIpc) is 3.01. The Morgan fingerprint density at radius 1 is 1.25 bits per heavy atom. The first-order valence-corrected chi connectivity index (χ1v) is 7.36. The lowest BCUT2D eigenvalue weighted by molar-refractivity contribution is 0.0939. The third-order valence-electron chi connectivity index (χ3n) is 3.12. The van der Waals surface area contributed by atoms with Gasteiger partial charge in [0.1, 0.15) is 13.2 Å². The van der Waals surface area contributed by atoms with E-state index in [9.17, 15) is 4.79 Å². The lowest BCUT2D eigenvalue weighted by atomic mass is 10.1. The van der Waals surface area contributed by atoms with Crippen molar-refractivity contribution in [2.45, 2.75) is 13.0 Å². The lowest BCUT2D eigenvalue weighted by Gasteiger charge is -2.19. The zero-order chi connectivity index (χ0) is 13.9. The Hall–Kier alpha value is -2.01. The van der Waals surface area contributed by atoms with Gasteiger partial charge in [0.2, 0.25) is 0 Å². The standard InChI is InChI=1S/C15H15NO3S/c1-10(14-3-2-8-20-14)16-15(17)11-4-5-12-13(9-11)19-7-6-18-12/h2-5,8-10H,6-7H2,1H3,(H,16,17). The monoisotopic (exact) mass is 289 g/mol. The molecule has 1 atom stereocenters. The second-order valence-corrected chi connectivity index (χ2v) is 5.55. The number of benzene rings is 1. The van der Waals surface area contributed by atoms with Gasteiger partial charge in [-0.1, -0.05) is 6.07 Å². The molecule has 5 heteroatoms. The average molecular weight is 289 g/mol. The first-order chi connectivity index (χ1) is 9.74. The molecule has 4 nitrogen and oxygen atoms in total. The van der Waals surface area contributed by atoms with Gasteiger partial charge in [-0.15, -0.1) is 11.3 Å². The summed E-state index contributed by atoms with van der Waals surface area (Å²) < 4.78 is 10.9. The van der Waals surface area contributed by atoms with Gasteiger partial charge in [-0.25, -0.2) is 0 Å². The van der Waals surface area contributed by atoms with Crippen LogP contribution in [0.1, 0.15) is 28.2 Å². The van der Waals surface area contributed by atoms with E-state index >= 15 is 0 Å². The van der Waals surface area contributed by atoms with Crippen LogP contribution in [0.15, 0.2) is 35.7 Å². The second kappa shape index (κ2) is 5.54. The molecule has 0 spiro atoms. The molecule has 3 rings (SSSR count). The normalized spacial score (nSPS) is 14.7. The van der Waals surface area contributed by atoms with Crippen LogP contribution in [-0.4, -0.2) is 19.1 Å². The van der Waals surface area contributed by atoms with Crippen LogP contribution in [0.25, 0.3) is 0 Å². The van der Waals surface area contributed by atoms with E-state index < -0.39 is 0 Å². The maximum atomic E-state index is 12.2. The number of amides is 1. The predicted molar refractivity (Wildman–Crippen MR) is 77.6 cm³/mol. The number of fused-ring (bicyclic) bond motifs is 1. The fourth-order valence-corrected chi connectivity index (χ4v) is 2.81. The first-order valence-electron chi connectivity index (χ1n) is 6.48. The van der Waals surface area contributed by atoms with Crippen molar-refractivity contribution >= 4 is 17.2 Å². The van der Waals surface area contributed by atoms with E-state index in [2.05, 4.69) is 5.32 Å². The maximum absolute atomic E-state index is 12.2. The molecule has 1 aliphatic heterocycles. The van der Waals surface area contributed by atoms with E-state index in [1.165, 1.54) is 0 Å². The van der Waals surface area contributed by atoms with Gasteiger partial charge in [-0.2, -0.15) is 0 Å². The van der Waals surface area contributed by atoms with Crippen molar-refractivity contribution in [3.8, 4) is 11.5 Å². The Bertz CT molecular complexity index is 610. The molecule has 1 aromatic heterocycles. The fourth-order valence-electron chi connectivity index (χ4n) is 2.07. The number of thiophene rings is 1. The molecule has 0 saturated carbocycles. The summed E-state index contributed by atoms with van der Waals surface area (Å²) >= 11 is 1.63. The molecular formula is C15H15NO3S. The van der Waals surface area contributed by atoms with Gasteiger partial charge in [0.15, 0.2) is 11.5 Å².